The third-order valence-electron chi connectivity index (χ3n) is 4.92. The third-order valence-corrected chi connectivity index (χ3v) is 4.92. The number of rotatable bonds is 7. The van der Waals surface area contributed by atoms with Gasteiger partial charge in [-0.1, -0.05) is 30.3 Å². The molecule has 1 saturated heterocycles. The third kappa shape index (κ3) is 4.56. The van der Waals surface area contributed by atoms with E-state index in [1.165, 1.54) is 12.1 Å². The molecule has 9 heteroatoms. The van der Waals surface area contributed by atoms with Gasteiger partial charge in [-0.2, -0.15) is 8.78 Å². The highest BCUT2D eigenvalue weighted by Crippen LogP contribution is 2.34. The van der Waals surface area contributed by atoms with E-state index in [1.54, 1.807) is 35.8 Å². The van der Waals surface area contributed by atoms with E-state index < -0.39 is 36.8 Å². The number of aliphatic hydroxyl groups excluding tert-OH is 1. The molecule has 1 aliphatic rings. The van der Waals surface area contributed by atoms with Gasteiger partial charge in [-0.15, -0.1) is 0 Å². The van der Waals surface area contributed by atoms with E-state index in [1.807, 2.05) is 11.9 Å². The first-order valence-electron chi connectivity index (χ1n) is 9.00. The summed E-state index contributed by atoms with van der Waals surface area (Å²) in [7, 11) is 1.83. The van der Waals surface area contributed by atoms with Crippen LogP contribution in [0.5, 0.6) is 0 Å². The number of nitrogens with one attached hydrogen (secondary N) is 1. The van der Waals surface area contributed by atoms with Crippen molar-refractivity contribution >= 4 is 5.91 Å². The molecule has 1 aliphatic heterocycles. The van der Waals surface area contributed by atoms with Gasteiger partial charge in [0.1, 0.15) is 12.8 Å². The first-order valence-corrected chi connectivity index (χ1v) is 9.00. The molecule has 2 atom stereocenters. The second kappa shape index (κ2) is 8.46. The summed E-state index contributed by atoms with van der Waals surface area (Å²) < 4.78 is 52.3. The minimum atomic E-state index is -3.29. The van der Waals surface area contributed by atoms with E-state index in [0.717, 1.165) is 11.1 Å². The monoisotopic (exact) mass is 411 g/mol. The summed E-state index contributed by atoms with van der Waals surface area (Å²) in [4.78, 5) is 17.1. The van der Waals surface area contributed by atoms with Gasteiger partial charge in [0.2, 0.25) is 0 Å². The average Bonchev–Trinajstić information content (AvgIpc) is 2.70. The topological polar surface area (TPSA) is 65.5 Å². The maximum Gasteiger partial charge on any atom is 0.315 e. The molecule has 2 N–H and O–H groups in total. The molecule has 0 unspecified atom stereocenters. The molecular weight excluding hydrogens is 390 g/mol. The summed E-state index contributed by atoms with van der Waals surface area (Å²) in [5.74, 6) is -1.64. The molecule has 0 radical (unpaired) electrons. The van der Waals surface area contributed by atoms with Crippen LogP contribution in [0, 0.1) is 0 Å². The zero-order chi connectivity index (χ0) is 21.2. The lowest BCUT2D eigenvalue weighted by molar-refractivity contribution is -0.133. The number of aromatic nitrogens is 1. The minimum Gasteiger partial charge on any atom is -0.386 e. The second-order valence-electron chi connectivity index (χ2n) is 7.21. The van der Waals surface area contributed by atoms with E-state index in [0.29, 0.717) is 18.8 Å². The number of likely N-dealkylation sites (tertiary alicyclic amines) is 1. The standard InChI is InChI=1S/C20H21F4N3O2/c1-27-10-20(24,11-27)16-7-6-14(9-25-16)12-2-4-13(5-3-12)17(28)15(8-21)26-19(29)18(22)23/h2-7,9,15,17-18,28H,8,10-11H2,1H3,(H,26,29)/t15-,17+/m1/s1. The number of carbonyl (C=O) groups is 1. The van der Waals surface area contributed by atoms with Gasteiger partial charge in [-0.05, 0) is 24.2 Å². The molecule has 2 aromatic rings. The van der Waals surface area contributed by atoms with Crippen LogP contribution in [-0.2, 0) is 10.5 Å². The number of hydrogen-bond donors (Lipinski definition) is 2. The van der Waals surface area contributed by atoms with Crippen LogP contribution in [0.15, 0.2) is 42.6 Å². The van der Waals surface area contributed by atoms with Gasteiger partial charge in [-0.3, -0.25) is 14.7 Å². The smallest absolute Gasteiger partial charge is 0.315 e. The number of hydrogen-bond acceptors (Lipinski definition) is 4. The molecule has 1 aromatic heterocycles. The summed E-state index contributed by atoms with van der Waals surface area (Å²) in [5.41, 5.74) is 0.638. The van der Waals surface area contributed by atoms with Crippen LogP contribution in [0.3, 0.4) is 0 Å². The Morgan fingerprint density at radius 3 is 2.31 bits per heavy atom. The Bertz CT molecular complexity index is 840. The summed E-state index contributed by atoms with van der Waals surface area (Å²) in [6.07, 6.45) is -3.23. The molecule has 156 valence electrons. The molecule has 1 fully saturated rings. The Morgan fingerprint density at radius 2 is 1.83 bits per heavy atom. The van der Waals surface area contributed by atoms with Gasteiger partial charge in [0.25, 0.3) is 5.91 Å². The first-order chi connectivity index (χ1) is 13.7. The summed E-state index contributed by atoms with van der Waals surface area (Å²) in [6, 6.07) is 8.17. The van der Waals surface area contributed by atoms with Gasteiger partial charge >= 0.3 is 6.43 Å². The number of carbonyl (C=O) groups excluding carboxylic acids is 1. The second-order valence-corrected chi connectivity index (χ2v) is 7.21. The van der Waals surface area contributed by atoms with Crippen molar-refractivity contribution in [1.82, 2.24) is 15.2 Å². The van der Waals surface area contributed by atoms with Crippen LogP contribution in [0.4, 0.5) is 17.6 Å². The summed E-state index contributed by atoms with van der Waals surface area (Å²) in [6.45, 7) is -0.611. The fourth-order valence-corrected chi connectivity index (χ4v) is 3.35. The Hall–Kier alpha value is -2.52. The number of aliphatic hydroxyl groups is 1. The molecule has 0 bridgehead atoms. The van der Waals surface area contributed by atoms with Crippen molar-refractivity contribution in [2.24, 2.45) is 0 Å². The van der Waals surface area contributed by atoms with Crippen LogP contribution >= 0.6 is 0 Å². The van der Waals surface area contributed by atoms with Crippen molar-refractivity contribution in [3.8, 4) is 11.1 Å². The SMILES string of the molecule is CN1CC(F)(c2ccc(-c3ccc([C@H](O)[C@@H](CF)NC(=O)C(F)F)cc3)cn2)C1. The highest BCUT2D eigenvalue weighted by atomic mass is 19.3. The lowest BCUT2D eigenvalue weighted by Crippen LogP contribution is -2.54. The zero-order valence-corrected chi connectivity index (χ0v) is 15.7. The van der Waals surface area contributed by atoms with Crippen molar-refractivity contribution in [3.63, 3.8) is 0 Å². The lowest BCUT2D eigenvalue weighted by Gasteiger charge is -2.41. The van der Waals surface area contributed by atoms with Gasteiger partial charge in [0, 0.05) is 24.8 Å². The predicted molar refractivity (Wildman–Crippen MR) is 98.8 cm³/mol. The van der Waals surface area contributed by atoms with E-state index >= 15 is 0 Å². The van der Waals surface area contributed by atoms with E-state index in [2.05, 4.69) is 4.98 Å². The maximum atomic E-state index is 14.6. The fourth-order valence-electron chi connectivity index (χ4n) is 3.35. The minimum absolute atomic E-state index is 0.260. The zero-order valence-electron chi connectivity index (χ0n) is 15.7. The molecule has 29 heavy (non-hydrogen) atoms. The van der Waals surface area contributed by atoms with Crippen molar-refractivity contribution in [2.75, 3.05) is 26.8 Å². The van der Waals surface area contributed by atoms with E-state index in [9.17, 15) is 27.5 Å². The first kappa shape index (κ1) is 21.2. The molecular formula is C20H21F4N3O2. The van der Waals surface area contributed by atoms with Gasteiger partial charge in [-0.25, -0.2) is 8.78 Å². The number of pyridine rings is 1. The highest BCUT2D eigenvalue weighted by Gasteiger charge is 2.44. The molecule has 3 rings (SSSR count). The number of alkyl halides is 4. The predicted octanol–water partition coefficient (Wildman–Crippen LogP) is 2.61. The lowest BCUT2D eigenvalue weighted by atomic mass is 9.92. The maximum absolute atomic E-state index is 14.6. The van der Waals surface area contributed by atoms with E-state index in [-0.39, 0.29) is 5.56 Å². The molecule has 1 aromatic carbocycles. The Labute approximate surface area is 165 Å². The van der Waals surface area contributed by atoms with Gasteiger partial charge in [0.15, 0.2) is 5.67 Å². The Kier molecular flexibility index (Phi) is 6.18. The quantitative estimate of drug-likeness (QED) is 0.688. The Balaban J connectivity index is 1.70. The number of benzene rings is 1. The van der Waals surface area contributed by atoms with Gasteiger partial charge in [0.05, 0.1) is 11.7 Å². The van der Waals surface area contributed by atoms with Crippen molar-refractivity contribution in [2.45, 2.75) is 24.2 Å². The fraction of sp³-hybridized carbons (Fsp3) is 0.400. The largest absolute Gasteiger partial charge is 0.386 e. The molecule has 0 aliphatic carbocycles. The van der Waals surface area contributed by atoms with Crippen LogP contribution in [-0.4, -0.2) is 60.2 Å². The van der Waals surface area contributed by atoms with Crippen LogP contribution in [0.1, 0.15) is 17.4 Å². The summed E-state index contributed by atoms with van der Waals surface area (Å²) in [5, 5.41) is 12.0. The molecule has 1 amide bonds. The molecule has 0 saturated carbocycles. The van der Waals surface area contributed by atoms with Crippen molar-refractivity contribution in [1.29, 1.82) is 0 Å². The van der Waals surface area contributed by atoms with E-state index in [4.69, 9.17) is 0 Å². The number of halogens is 4. The van der Waals surface area contributed by atoms with Crippen molar-refractivity contribution < 1.29 is 27.5 Å². The molecule has 5 nitrogen and oxygen atoms in total. The number of nitrogens with zero attached hydrogens (tertiary/aromatic N) is 2. The van der Waals surface area contributed by atoms with Gasteiger partial charge < -0.3 is 10.4 Å². The molecule has 2 heterocycles. The highest BCUT2D eigenvalue weighted by molar-refractivity contribution is 5.79. The Morgan fingerprint density at radius 1 is 1.21 bits per heavy atom. The number of amides is 1. The van der Waals surface area contributed by atoms with Crippen LogP contribution < -0.4 is 5.32 Å². The molecule has 0 spiro atoms. The normalized spacial score (nSPS) is 18.2. The number of likely N-dealkylation sites (N-methyl/N-ethyl adjacent to an activating group) is 1. The average molecular weight is 411 g/mol. The van der Waals surface area contributed by atoms with Crippen molar-refractivity contribution in [3.05, 3.63) is 53.9 Å². The summed E-state index contributed by atoms with van der Waals surface area (Å²) >= 11 is 0. The van der Waals surface area contributed by atoms with Crippen LogP contribution in [0.2, 0.25) is 0 Å². The van der Waals surface area contributed by atoms with Crippen LogP contribution in [0.25, 0.3) is 11.1 Å².